The van der Waals surface area contributed by atoms with E-state index in [4.69, 9.17) is 0 Å². The highest BCUT2D eigenvalue weighted by atomic mass is 32.2. The molecule has 140 valence electrons. The number of hydrogen-bond acceptors (Lipinski definition) is 6. The van der Waals surface area contributed by atoms with Crippen LogP contribution < -0.4 is 10.0 Å². The number of aryl methyl sites for hydroxylation is 2. The lowest BCUT2D eigenvalue weighted by atomic mass is 10.3. The molecule has 0 radical (unpaired) electrons. The Bertz CT molecular complexity index is 1030. The Hall–Kier alpha value is -2.78. The van der Waals surface area contributed by atoms with Gasteiger partial charge in [-0.3, -0.25) is 4.79 Å². The quantitative estimate of drug-likeness (QED) is 0.660. The van der Waals surface area contributed by atoms with E-state index in [1.807, 2.05) is 17.5 Å². The molecule has 0 bridgehead atoms. The van der Waals surface area contributed by atoms with Crippen LogP contribution >= 0.6 is 11.3 Å². The van der Waals surface area contributed by atoms with Gasteiger partial charge in [-0.05, 0) is 55.6 Å². The second-order valence-corrected chi connectivity index (χ2v) is 8.62. The second-order valence-electron chi connectivity index (χ2n) is 5.91. The number of benzene rings is 1. The Morgan fingerprint density at radius 1 is 1.07 bits per heavy atom. The monoisotopic (exact) mass is 402 g/mol. The van der Waals surface area contributed by atoms with Gasteiger partial charge in [0.05, 0.1) is 11.3 Å². The van der Waals surface area contributed by atoms with Crippen LogP contribution in [0, 0.1) is 13.8 Å². The van der Waals surface area contributed by atoms with Gasteiger partial charge in [0, 0.05) is 22.0 Å². The summed E-state index contributed by atoms with van der Waals surface area (Å²) in [6.45, 7) is 3.53. The maximum atomic E-state index is 12.5. The summed E-state index contributed by atoms with van der Waals surface area (Å²) in [7, 11) is -3.82. The van der Waals surface area contributed by atoms with Gasteiger partial charge in [-0.2, -0.15) is 0 Å². The molecule has 0 saturated heterocycles. The Morgan fingerprint density at radius 3 is 2.33 bits per heavy atom. The molecule has 0 saturated carbocycles. The van der Waals surface area contributed by atoms with Crippen LogP contribution in [0.2, 0.25) is 0 Å². The van der Waals surface area contributed by atoms with Crippen molar-refractivity contribution in [2.75, 3.05) is 10.0 Å². The third kappa shape index (κ3) is 5.11. The lowest BCUT2D eigenvalue weighted by molar-refractivity contribution is -0.115. The van der Waals surface area contributed by atoms with Gasteiger partial charge >= 0.3 is 0 Å². The molecule has 0 fully saturated rings. The largest absolute Gasteiger partial charge is 0.326 e. The van der Waals surface area contributed by atoms with Gasteiger partial charge in [-0.15, -0.1) is 11.3 Å². The molecule has 2 N–H and O–H groups in total. The van der Waals surface area contributed by atoms with E-state index in [2.05, 4.69) is 20.0 Å². The van der Waals surface area contributed by atoms with Gasteiger partial charge in [0.25, 0.3) is 10.0 Å². The number of anilines is 2. The number of hydrogen-bond donors (Lipinski definition) is 2. The molecule has 0 atom stereocenters. The van der Waals surface area contributed by atoms with Crippen molar-refractivity contribution >= 4 is 38.9 Å². The van der Waals surface area contributed by atoms with Crippen molar-refractivity contribution in [3.8, 4) is 0 Å². The van der Waals surface area contributed by atoms with Gasteiger partial charge in [0.1, 0.15) is 0 Å². The molecule has 0 unspecified atom stereocenters. The summed E-state index contributed by atoms with van der Waals surface area (Å²) in [6.07, 6.45) is 0.281. The zero-order chi connectivity index (χ0) is 19.4. The highest BCUT2D eigenvalue weighted by Gasteiger charge is 2.16. The zero-order valence-corrected chi connectivity index (χ0v) is 16.4. The summed E-state index contributed by atoms with van der Waals surface area (Å²) >= 11 is 1.51. The summed E-state index contributed by atoms with van der Waals surface area (Å²) in [5, 5.41) is 4.66. The summed E-state index contributed by atoms with van der Waals surface area (Å²) in [5.41, 5.74) is 1.87. The predicted octanol–water partition coefficient (Wildman–Crippen LogP) is 3.14. The Labute approximate surface area is 161 Å². The van der Waals surface area contributed by atoms with Crippen molar-refractivity contribution in [2.24, 2.45) is 0 Å². The molecule has 3 rings (SSSR count). The van der Waals surface area contributed by atoms with Crippen LogP contribution in [0.4, 0.5) is 11.6 Å². The van der Waals surface area contributed by atoms with Crippen LogP contribution in [0.25, 0.3) is 0 Å². The van der Waals surface area contributed by atoms with E-state index in [1.54, 1.807) is 32.0 Å². The van der Waals surface area contributed by atoms with Gasteiger partial charge in [0.2, 0.25) is 11.9 Å². The lowest BCUT2D eigenvalue weighted by Gasteiger charge is -2.09. The second kappa shape index (κ2) is 7.85. The average Bonchev–Trinajstić information content (AvgIpc) is 3.06. The molecule has 1 amide bonds. The third-order valence-electron chi connectivity index (χ3n) is 3.57. The van der Waals surface area contributed by atoms with Crippen LogP contribution in [-0.4, -0.2) is 24.3 Å². The lowest BCUT2D eigenvalue weighted by Crippen LogP contribution is -2.16. The standard InChI is InChI=1S/C18H18N4O3S2/c1-12-10-13(2)20-18(19-12)22-27(24,25)16-7-5-14(6-8-16)21-17(23)11-15-4-3-9-26-15/h3-10H,11H2,1-2H3,(H,21,23)(H,19,20,22). The summed E-state index contributed by atoms with van der Waals surface area (Å²) in [6, 6.07) is 11.5. The zero-order valence-electron chi connectivity index (χ0n) is 14.8. The molecule has 9 heteroatoms. The van der Waals surface area contributed by atoms with Gasteiger partial charge in [0.15, 0.2) is 0 Å². The first kappa shape index (κ1) is 19.0. The van der Waals surface area contributed by atoms with E-state index < -0.39 is 10.0 Å². The van der Waals surface area contributed by atoms with Crippen LogP contribution in [0.15, 0.2) is 52.7 Å². The number of carbonyl (C=O) groups is 1. The van der Waals surface area contributed by atoms with Gasteiger partial charge in [-0.1, -0.05) is 6.07 Å². The number of amides is 1. The first-order valence-corrected chi connectivity index (χ1v) is 10.5. The van der Waals surface area contributed by atoms with Crippen molar-refractivity contribution in [1.82, 2.24) is 9.97 Å². The van der Waals surface area contributed by atoms with Crippen molar-refractivity contribution in [1.29, 1.82) is 0 Å². The number of sulfonamides is 1. The molecule has 2 heterocycles. The fourth-order valence-electron chi connectivity index (χ4n) is 2.44. The minimum Gasteiger partial charge on any atom is -0.326 e. The van der Waals surface area contributed by atoms with Crippen LogP contribution in [-0.2, 0) is 21.2 Å². The predicted molar refractivity (Wildman–Crippen MR) is 105 cm³/mol. The van der Waals surface area contributed by atoms with E-state index in [0.717, 1.165) is 4.88 Å². The first-order chi connectivity index (χ1) is 12.8. The van der Waals surface area contributed by atoms with Crippen molar-refractivity contribution in [2.45, 2.75) is 25.2 Å². The maximum absolute atomic E-state index is 12.5. The fraction of sp³-hybridized carbons (Fsp3) is 0.167. The van der Waals surface area contributed by atoms with Gasteiger partial charge in [-0.25, -0.2) is 23.1 Å². The van der Waals surface area contributed by atoms with Crippen molar-refractivity contribution < 1.29 is 13.2 Å². The fourth-order valence-corrected chi connectivity index (χ4v) is 4.09. The normalized spacial score (nSPS) is 11.2. The summed E-state index contributed by atoms with van der Waals surface area (Å²) in [4.78, 5) is 21.2. The summed E-state index contributed by atoms with van der Waals surface area (Å²) in [5.74, 6) is -0.129. The van der Waals surface area contributed by atoms with Crippen molar-refractivity contribution in [3.05, 3.63) is 64.1 Å². The minimum atomic E-state index is -3.82. The van der Waals surface area contributed by atoms with Crippen LogP contribution in [0.1, 0.15) is 16.3 Å². The van der Waals surface area contributed by atoms with E-state index in [9.17, 15) is 13.2 Å². The molecular weight excluding hydrogens is 384 g/mol. The number of nitrogens with one attached hydrogen (secondary N) is 2. The van der Waals surface area contributed by atoms with Crippen LogP contribution in [0.3, 0.4) is 0 Å². The number of carbonyl (C=O) groups excluding carboxylic acids is 1. The molecule has 1 aromatic carbocycles. The molecule has 3 aromatic rings. The molecule has 7 nitrogen and oxygen atoms in total. The van der Waals surface area contributed by atoms with E-state index in [0.29, 0.717) is 17.1 Å². The third-order valence-corrected chi connectivity index (χ3v) is 5.79. The van der Waals surface area contributed by atoms with Gasteiger partial charge < -0.3 is 5.32 Å². The van der Waals surface area contributed by atoms with Crippen molar-refractivity contribution in [3.63, 3.8) is 0 Å². The SMILES string of the molecule is Cc1cc(C)nc(NS(=O)(=O)c2ccc(NC(=O)Cc3cccs3)cc2)n1. The van der Waals surface area contributed by atoms with E-state index >= 15 is 0 Å². The highest BCUT2D eigenvalue weighted by molar-refractivity contribution is 7.92. The molecule has 0 aliphatic rings. The highest BCUT2D eigenvalue weighted by Crippen LogP contribution is 2.18. The first-order valence-electron chi connectivity index (χ1n) is 8.09. The Balaban J connectivity index is 1.69. The number of nitrogens with zero attached hydrogens (tertiary/aromatic N) is 2. The Morgan fingerprint density at radius 2 is 1.74 bits per heavy atom. The number of rotatable bonds is 6. The molecule has 2 aromatic heterocycles. The van der Waals surface area contributed by atoms with Crippen LogP contribution in [0.5, 0.6) is 0 Å². The maximum Gasteiger partial charge on any atom is 0.264 e. The summed E-state index contributed by atoms with van der Waals surface area (Å²) < 4.78 is 27.4. The molecule has 0 aliphatic heterocycles. The number of thiophene rings is 1. The van der Waals surface area contributed by atoms with E-state index in [-0.39, 0.29) is 23.2 Å². The number of aromatic nitrogens is 2. The van der Waals surface area contributed by atoms with E-state index in [1.165, 1.54) is 23.5 Å². The molecular formula is C18H18N4O3S2. The average molecular weight is 403 g/mol. The minimum absolute atomic E-state index is 0.0285. The molecule has 0 aliphatic carbocycles. The topological polar surface area (TPSA) is 101 Å². The molecule has 27 heavy (non-hydrogen) atoms. The Kier molecular flexibility index (Phi) is 5.52. The molecule has 0 spiro atoms. The smallest absolute Gasteiger partial charge is 0.264 e.